The fourth-order valence-electron chi connectivity index (χ4n) is 4.24. The van der Waals surface area contributed by atoms with Gasteiger partial charge in [-0.25, -0.2) is 0 Å². The van der Waals surface area contributed by atoms with Gasteiger partial charge in [0.2, 0.25) is 17.7 Å². The van der Waals surface area contributed by atoms with Crippen LogP contribution in [0.5, 0.6) is 0 Å². The Balaban J connectivity index is 0.000000693. The lowest BCUT2D eigenvalue weighted by atomic mass is 9.85. The molecule has 2 aliphatic heterocycles. The van der Waals surface area contributed by atoms with E-state index in [1.807, 2.05) is 13.8 Å². The molecule has 4 aliphatic rings. The number of carbonyl (C=O) groups is 3. The molecule has 5 nitrogen and oxygen atoms in total. The Morgan fingerprint density at radius 2 is 1.64 bits per heavy atom. The van der Waals surface area contributed by atoms with Gasteiger partial charge in [0.25, 0.3) is 0 Å². The molecule has 22 heavy (non-hydrogen) atoms. The van der Waals surface area contributed by atoms with Gasteiger partial charge < -0.3 is 5.32 Å². The number of nitrogens with zero attached hydrogens (tertiary/aromatic N) is 1. The predicted octanol–water partition coefficient (Wildman–Crippen LogP) is 1.61. The number of likely N-dealkylation sites (tertiary alicyclic amines) is 1. The largest absolute Gasteiger partial charge is 0.329 e. The molecule has 118 valence electrons. The van der Waals surface area contributed by atoms with E-state index >= 15 is 0 Å². The van der Waals surface area contributed by atoms with Gasteiger partial charge in [0.1, 0.15) is 6.04 Å². The SMILES string of the molecule is C=C1CCC(N2C(=O)C3C4C=CC(C4)C3C2=O)C(=O)N1.CC. The van der Waals surface area contributed by atoms with E-state index in [1.54, 1.807) is 0 Å². The van der Waals surface area contributed by atoms with E-state index in [0.717, 1.165) is 6.42 Å². The van der Waals surface area contributed by atoms with Gasteiger partial charge >= 0.3 is 0 Å². The van der Waals surface area contributed by atoms with Crippen LogP contribution in [0.3, 0.4) is 0 Å². The number of hydrogen-bond donors (Lipinski definition) is 1. The van der Waals surface area contributed by atoms with E-state index in [2.05, 4.69) is 24.0 Å². The molecule has 5 heteroatoms. The van der Waals surface area contributed by atoms with Gasteiger partial charge in [-0.15, -0.1) is 0 Å². The number of carbonyl (C=O) groups excluding carboxylic acids is 3. The number of hydrogen-bond acceptors (Lipinski definition) is 3. The lowest BCUT2D eigenvalue weighted by Crippen LogP contribution is -2.52. The van der Waals surface area contributed by atoms with Gasteiger partial charge in [0.05, 0.1) is 11.8 Å². The average Bonchev–Trinajstić information content (AvgIpc) is 3.17. The van der Waals surface area contributed by atoms with E-state index in [4.69, 9.17) is 0 Å². The zero-order valence-corrected chi connectivity index (χ0v) is 13.0. The van der Waals surface area contributed by atoms with Gasteiger partial charge in [-0.2, -0.15) is 0 Å². The third kappa shape index (κ3) is 1.95. The molecule has 2 aliphatic carbocycles. The fourth-order valence-corrected chi connectivity index (χ4v) is 4.24. The van der Waals surface area contributed by atoms with Gasteiger partial charge in [-0.1, -0.05) is 32.6 Å². The van der Waals surface area contributed by atoms with Gasteiger partial charge in [0, 0.05) is 5.70 Å². The van der Waals surface area contributed by atoms with Crippen molar-refractivity contribution in [2.75, 3.05) is 0 Å². The minimum Gasteiger partial charge on any atom is -0.329 e. The highest BCUT2D eigenvalue weighted by atomic mass is 16.2. The molecular weight excluding hydrogens is 280 g/mol. The Labute approximate surface area is 130 Å². The summed E-state index contributed by atoms with van der Waals surface area (Å²) in [5, 5.41) is 2.66. The number of rotatable bonds is 1. The molecule has 5 unspecified atom stereocenters. The molecule has 3 fully saturated rings. The van der Waals surface area contributed by atoms with E-state index < -0.39 is 6.04 Å². The molecule has 4 rings (SSSR count). The maximum absolute atomic E-state index is 12.6. The van der Waals surface area contributed by atoms with Crippen LogP contribution < -0.4 is 5.32 Å². The standard InChI is InChI=1S/C15H16N2O3.C2H6/c1-7-2-5-10(13(18)16-7)17-14(19)11-8-3-4-9(6-8)12(11)15(17)20;1-2/h3-4,8-12H,1-2,5-6H2,(H,16,18);1-2H3. The highest BCUT2D eigenvalue weighted by Gasteiger charge is 2.61. The second-order valence-corrected chi connectivity index (χ2v) is 6.19. The molecule has 0 radical (unpaired) electrons. The van der Waals surface area contributed by atoms with Crippen molar-refractivity contribution >= 4 is 17.7 Å². The van der Waals surface area contributed by atoms with Crippen molar-refractivity contribution in [1.82, 2.24) is 10.2 Å². The van der Waals surface area contributed by atoms with Gasteiger partial charge in [0.15, 0.2) is 0 Å². The molecule has 0 aromatic carbocycles. The van der Waals surface area contributed by atoms with Crippen molar-refractivity contribution in [2.45, 2.75) is 39.2 Å². The first-order valence-electron chi connectivity index (χ1n) is 8.12. The Morgan fingerprint density at radius 3 is 2.14 bits per heavy atom. The third-order valence-corrected chi connectivity index (χ3v) is 5.14. The normalized spacial score (nSPS) is 38.8. The van der Waals surface area contributed by atoms with Crippen LogP contribution in [0.15, 0.2) is 24.4 Å². The van der Waals surface area contributed by atoms with Crippen LogP contribution in [-0.2, 0) is 14.4 Å². The number of fused-ring (bicyclic) bond motifs is 5. The summed E-state index contributed by atoms with van der Waals surface area (Å²) in [5.74, 6) is -0.649. The van der Waals surface area contributed by atoms with Crippen molar-refractivity contribution in [2.24, 2.45) is 23.7 Å². The summed E-state index contributed by atoms with van der Waals surface area (Å²) in [6.45, 7) is 7.72. The molecule has 2 saturated heterocycles. The molecule has 1 N–H and O–H groups in total. The molecule has 0 aromatic rings. The van der Waals surface area contributed by atoms with Crippen molar-refractivity contribution in [3.05, 3.63) is 24.4 Å². The van der Waals surface area contributed by atoms with Crippen LogP contribution in [0.4, 0.5) is 0 Å². The summed E-state index contributed by atoms with van der Waals surface area (Å²) in [5.41, 5.74) is 0.660. The molecule has 5 atom stereocenters. The summed E-state index contributed by atoms with van der Waals surface area (Å²) < 4.78 is 0. The summed E-state index contributed by atoms with van der Waals surface area (Å²) >= 11 is 0. The second kappa shape index (κ2) is 5.38. The highest BCUT2D eigenvalue weighted by molar-refractivity contribution is 6.09. The van der Waals surface area contributed by atoms with Crippen molar-refractivity contribution in [3.8, 4) is 0 Å². The highest BCUT2D eigenvalue weighted by Crippen LogP contribution is 2.53. The number of imide groups is 1. The first-order chi connectivity index (χ1) is 10.6. The quantitative estimate of drug-likeness (QED) is 0.591. The first kappa shape index (κ1) is 15.0. The fraction of sp³-hybridized carbons (Fsp3) is 0.588. The third-order valence-electron chi connectivity index (χ3n) is 5.14. The van der Waals surface area contributed by atoms with Crippen LogP contribution >= 0.6 is 0 Å². The van der Waals surface area contributed by atoms with Crippen LogP contribution in [-0.4, -0.2) is 28.7 Å². The van der Waals surface area contributed by atoms with Gasteiger partial charge in [-0.05, 0) is 31.1 Å². The number of allylic oxidation sites excluding steroid dienone is 3. The Bertz CT molecular complexity index is 550. The van der Waals surface area contributed by atoms with E-state index in [1.165, 1.54) is 4.90 Å². The van der Waals surface area contributed by atoms with Crippen LogP contribution in [0.1, 0.15) is 33.1 Å². The Kier molecular flexibility index (Phi) is 3.67. The molecular formula is C17H22N2O3. The summed E-state index contributed by atoms with van der Waals surface area (Å²) in [7, 11) is 0. The lowest BCUT2D eigenvalue weighted by Gasteiger charge is -2.30. The first-order valence-corrected chi connectivity index (χ1v) is 8.12. The molecule has 0 aromatic heterocycles. The van der Waals surface area contributed by atoms with E-state index in [-0.39, 0.29) is 41.4 Å². The summed E-state index contributed by atoms with van der Waals surface area (Å²) in [6.07, 6.45) is 6.14. The molecule has 3 amide bonds. The molecule has 2 heterocycles. The zero-order chi connectivity index (χ0) is 16.0. The van der Waals surface area contributed by atoms with E-state index in [9.17, 15) is 14.4 Å². The van der Waals surface area contributed by atoms with Crippen molar-refractivity contribution < 1.29 is 14.4 Å². The predicted molar refractivity (Wildman–Crippen MR) is 81.2 cm³/mol. The second-order valence-electron chi connectivity index (χ2n) is 6.19. The van der Waals surface area contributed by atoms with Crippen LogP contribution in [0, 0.1) is 23.7 Å². The number of piperidine rings is 1. The van der Waals surface area contributed by atoms with Crippen molar-refractivity contribution in [3.63, 3.8) is 0 Å². The van der Waals surface area contributed by atoms with Crippen LogP contribution in [0.25, 0.3) is 0 Å². The maximum Gasteiger partial charge on any atom is 0.247 e. The number of nitrogens with one attached hydrogen (secondary N) is 1. The maximum atomic E-state index is 12.6. The molecule has 0 spiro atoms. The number of amides is 3. The van der Waals surface area contributed by atoms with Gasteiger partial charge in [-0.3, -0.25) is 19.3 Å². The average molecular weight is 302 g/mol. The lowest BCUT2D eigenvalue weighted by molar-refractivity contribution is -0.149. The zero-order valence-electron chi connectivity index (χ0n) is 13.0. The topological polar surface area (TPSA) is 66.5 Å². The van der Waals surface area contributed by atoms with E-state index in [0.29, 0.717) is 18.5 Å². The monoisotopic (exact) mass is 302 g/mol. The summed E-state index contributed by atoms with van der Waals surface area (Å²) in [4.78, 5) is 38.5. The Morgan fingerprint density at radius 1 is 1.09 bits per heavy atom. The minimum absolute atomic E-state index is 0.149. The smallest absolute Gasteiger partial charge is 0.247 e. The molecule has 1 saturated carbocycles. The summed E-state index contributed by atoms with van der Waals surface area (Å²) in [6, 6.07) is -0.648. The van der Waals surface area contributed by atoms with Crippen molar-refractivity contribution in [1.29, 1.82) is 0 Å². The van der Waals surface area contributed by atoms with Crippen LogP contribution in [0.2, 0.25) is 0 Å². The minimum atomic E-state index is -0.648. The Hall–Kier alpha value is -1.91. The molecule has 2 bridgehead atoms.